The minimum Gasteiger partial charge on any atom is -0.471 e. The molecule has 0 fully saturated rings. The second kappa shape index (κ2) is 8.28. The molecular formula is C22H15F3N4O. The van der Waals surface area contributed by atoms with Crippen LogP contribution in [0.2, 0.25) is 0 Å². The lowest BCUT2D eigenvalue weighted by Gasteiger charge is -2.12. The van der Waals surface area contributed by atoms with Crippen molar-refractivity contribution in [2.24, 2.45) is 0 Å². The lowest BCUT2D eigenvalue weighted by molar-refractivity contribution is -0.137. The molecule has 0 spiro atoms. The number of rotatable bonds is 5. The molecule has 0 saturated carbocycles. The van der Waals surface area contributed by atoms with Gasteiger partial charge in [0.2, 0.25) is 11.7 Å². The molecule has 2 aromatic carbocycles. The fraction of sp³-hybridized carbons (Fsp3) is 0.0909. The van der Waals surface area contributed by atoms with Crippen LogP contribution in [0.25, 0.3) is 22.8 Å². The summed E-state index contributed by atoms with van der Waals surface area (Å²) in [7, 11) is 0. The summed E-state index contributed by atoms with van der Waals surface area (Å²) in [5.74, 6) is 0.420. The van der Waals surface area contributed by atoms with Gasteiger partial charge < -0.3 is 4.74 Å². The normalized spacial score (nSPS) is 11.3. The first-order chi connectivity index (χ1) is 14.5. The Labute approximate surface area is 170 Å². The summed E-state index contributed by atoms with van der Waals surface area (Å²) in [6.07, 6.45) is -2.81. The van der Waals surface area contributed by atoms with E-state index in [4.69, 9.17) is 4.74 Å². The van der Waals surface area contributed by atoms with Crippen LogP contribution in [-0.4, -0.2) is 20.2 Å². The highest BCUT2D eigenvalue weighted by molar-refractivity contribution is 5.65. The summed E-state index contributed by atoms with van der Waals surface area (Å²) in [6, 6.07) is 19.4. The van der Waals surface area contributed by atoms with E-state index in [2.05, 4.69) is 20.2 Å². The lowest BCUT2D eigenvalue weighted by atomic mass is 10.1. The average molecular weight is 408 g/mol. The van der Waals surface area contributed by atoms with E-state index < -0.39 is 11.7 Å². The minimum atomic E-state index is -4.42. The van der Waals surface area contributed by atoms with E-state index in [0.717, 1.165) is 17.7 Å². The van der Waals surface area contributed by atoms with Crippen LogP contribution < -0.4 is 4.74 Å². The number of benzene rings is 2. The maximum atomic E-state index is 12.9. The Morgan fingerprint density at radius 2 is 1.53 bits per heavy atom. The summed E-state index contributed by atoms with van der Waals surface area (Å²) in [5.41, 5.74) is 1.34. The van der Waals surface area contributed by atoms with Crippen LogP contribution in [0.5, 0.6) is 5.88 Å². The Hall–Kier alpha value is -3.81. The van der Waals surface area contributed by atoms with Crippen LogP contribution in [0.3, 0.4) is 0 Å². The molecule has 2 heterocycles. The van der Waals surface area contributed by atoms with Gasteiger partial charge in [0.15, 0.2) is 5.69 Å². The Balaban J connectivity index is 1.71. The van der Waals surface area contributed by atoms with E-state index in [0.29, 0.717) is 11.3 Å². The van der Waals surface area contributed by atoms with Gasteiger partial charge in [-0.05, 0) is 29.8 Å². The second-order valence-corrected chi connectivity index (χ2v) is 6.35. The monoisotopic (exact) mass is 408 g/mol. The molecule has 0 saturated heterocycles. The van der Waals surface area contributed by atoms with Gasteiger partial charge in [0, 0.05) is 11.8 Å². The van der Waals surface area contributed by atoms with Crippen molar-refractivity contribution in [2.45, 2.75) is 12.8 Å². The van der Waals surface area contributed by atoms with Gasteiger partial charge in [-0.2, -0.15) is 18.2 Å². The number of aromatic nitrogens is 4. The molecule has 0 atom stereocenters. The van der Waals surface area contributed by atoms with Crippen molar-refractivity contribution in [3.8, 4) is 28.7 Å². The molecule has 4 rings (SSSR count). The molecule has 4 aromatic rings. The quantitative estimate of drug-likeness (QED) is 0.454. The fourth-order valence-corrected chi connectivity index (χ4v) is 2.74. The van der Waals surface area contributed by atoms with Crippen LogP contribution in [-0.2, 0) is 12.8 Å². The predicted octanol–water partition coefficient (Wildman–Crippen LogP) is 5.20. The van der Waals surface area contributed by atoms with Crippen molar-refractivity contribution >= 4 is 0 Å². The molecule has 150 valence electrons. The Kier molecular flexibility index (Phi) is 5.38. The molecule has 0 radical (unpaired) electrons. The van der Waals surface area contributed by atoms with E-state index in [1.54, 1.807) is 24.4 Å². The fourth-order valence-electron chi connectivity index (χ4n) is 2.74. The van der Waals surface area contributed by atoms with Crippen LogP contribution in [0, 0.1) is 0 Å². The number of alkyl halides is 3. The standard InChI is InChI=1S/C22H15F3N4O/c23-22(24,25)17-11-9-16(10-12-17)19-21(30-14-15-6-2-1-3-7-15)27-20(29-28-19)18-8-4-5-13-26-18/h1-13H,14H2. The maximum absolute atomic E-state index is 12.9. The third kappa shape index (κ3) is 4.43. The molecule has 0 aliphatic heterocycles. The van der Waals surface area contributed by atoms with Crippen molar-refractivity contribution in [1.82, 2.24) is 20.2 Å². The molecule has 30 heavy (non-hydrogen) atoms. The zero-order chi connectivity index (χ0) is 21.0. The van der Waals surface area contributed by atoms with E-state index in [1.165, 1.54) is 12.1 Å². The first kappa shape index (κ1) is 19.5. The van der Waals surface area contributed by atoms with Gasteiger partial charge in [-0.1, -0.05) is 48.5 Å². The minimum absolute atomic E-state index is 0.161. The van der Waals surface area contributed by atoms with Gasteiger partial charge in [-0.15, -0.1) is 10.2 Å². The van der Waals surface area contributed by atoms with Crippen molar-refractivity contribution in [3.05, 3.63) is 90.1 Å². The molecule has 0 unspecified atom stereocenters. The van der Waals surface area contributed by atoms with E-state index >= 15 is 0 Å². The Morgan fingerprint density at radius 1 is 0.800 bits per heavy atom. The number of nitrogens with zero attached hydrogens (tertiary/aromatic N) is 4. The molecule has 0 bridgehead atoms. The van der Waals surface area contributed by atoms with Crippen molar-refractivity contribution in [2.75, 3.05) is 0 Å². The van der Waals surface area contributed by atoms with E-state index in [9.17, 15) is 13.2 Å². The molecule has 0 N–H and O–H groups in total. The van der Waals surface area contributed by atoms with E-state index in [-0.39, 0.29) is 24.0 Å². The highest BCUT2D eigenvalue weighted by Crippen LogP contribution is 2.33. The number of hydrogen-bond acceptors (Lipinski definition) is 5. The van der Waals surface area contributed by atoms with Crippen LogP contribution in [0.1, 0.15) is 11.1 Å². The summed E-state index contributed by atoms with van der Waals surface area (Å²) in [6.45, 7) is 0.217. The highest BCUT2D eigenvalue weighted by atomic mass is 19.4. The van der Waals surface area contributed by atoms with Crippen molar-refractivity contribution < 1.29 is 17.9 Å². The number of pyridine rings is 1. The Morgan fingerprint density at radius 3 is 2.20 bits per heavy atom. The van der Waals surface area contributed by atoms with Gasteiger partial charge in [0.05, 0.1) is 5.56 Å². The molecule has 0 amide bonds. The molecular weight excluding hydrogens is 393 g/mol. The molecule has 0 aliphatic carbocycles. The second-order valence-electron chi connectivity index (χ2n) is 6.35. The third-order valence-electron chi connectivity index (χ3n) is 4.25. The SMILES string of the molecule is FC(F)(F)c1ccc(-c2nnc(-c3ccccn3)nc2OCc2ccccc2)cc1. The maximum Gasteiger partial charge on any atom is 0.416 e. The van der Waals surface area contributed by atoms with Gasteiger partial charge >= 0.3 is 6.18 Å². The molecule has 2 aromatic heterocycles. The van der Waals surface area contributed by atoms with Crippen LogP contribution >= 0.6 is 0 Å². The van der Waals surface area contributed by atoms with Crippen LogP contribution in [0.15, 0.2) is 79.0 Å². The van der Waals surface area contributed by atoms with Gasteiger partial charge in [-0.3, -0.25) is 4.98 Å². The van der Waals surface area contributed by atoms with Gasteiger partial charge in [-0.25, -0.2) is 0 Å². The summed E-state index contributed by atoms with van der Waals surface area (Å²) >= 11 is 0. The third-order valence-corrected chi connectivity index (χ3v) is 4.25. The Bertz CT molecular complexity index is 1120. The average Bonchev–Trinajstić information content (AvgIpc) is 2.78. The van der Waals surface area contributed by atoms with Crippen molar-refractivity contribution in [3.63, 3.8) is 0 Å². The summed E-state index contributed by atoms with van der Waals surface area (Å²) in [4.78, 5) is 8.63. The zero-order valence-electron chi connectivity index (χ0n) is 15.5. The predicted molar refractivity (Wildman–Crippen MR) is 104 cm³/mol. The summed E-state index contributed by atoms with van der Waals surface area (Å²) < 4.78 is 44.5. The zero-order valence-corrected chi connectivity index (χ0v) is 15.5. The van der Waals surface area contributed by atoms with Gasteiger partial charge in [0.25, 0.3) is 0 Å². The van der Waals surface area contributed by atoms with Crippen LogP contribution in [0.4, 0.5) is 13.2 Å². The smallest absolute Gasteiger partial charge is 0.416 e. The van der Waals surface area contributed by atoms with E-state index in [1.807, 2.05) is 30.3 Å². The van der Waals surface area contributed by atoms with Crippen molar-refractivity contribution in [1.29, 1.82) is 0 Å². The summed E-state index contributed by atoms with van der Waals surface area (Å²) in [5, 5.41) is 8.26. The molecule has 5 nitrogen and oxygen atoms in total. The topological polar surface area (TPSA) is 60.8 Å². The first-order valence-corrected chi connectivity index (χ1v) is 9.01. The van der Waals surface area contributed by atoms with Gasteiger partial charge in [0.1, 0.15) is 12.3 Å². The number of hydrogen-bond donors (Lipinski definition) is 0. The first-order valence-electron chi connectivity index (χ1n) is 9.01. The number of halogens is 3. The highest BCUT2D eigenvalue weighted by Gasteiger charge is 2.30. The molecule has 8 heteroatoms. The largest absolute Gasteiger partial charge is 0.471 e. The molecule has 0 aliphatic rings. The lowest BCUT2D eigenvalue weighted by Crippen LogP contribution is -2.06. The number of ether oxygens (including phenoxy) is 1.